The molecule has 0 saturated heterocycles. The lowest BCUT2D eigenvalue weighted by atomic mass is 9.84. The number of ketones is 1. The number of hydrogen-bond donors (Lipinski definition) is 3. The van der Waals surface area contributed by atoms with Crippen LogP contribution in [0.5, 0.6) is 5.88 Å². The number of hydrogen-bond acceptors (Lipinski definition) is 5. The molecule has 0 aliphatic heterocycles. The highest BCUT2D eigenvalue weighted by molar-refractivity contribution is 7.91. The highest BCUT2D eigenvalue weighted by Gasteiger charge is 2.34. The molecule has 1 aliphatic rings. The summed E-state index contributed by atoms with van der Waals surface area (Å²) in [6, 6.07) is 21.0. The molecule has 7 heteroatoms. The summed E-state index contributed by atoms with van der Waals surface area (Å²) in [4.78, 5) is 16.3. The van der Waals surface area contributed by atoms with Crippen LogP contribution in [0.15, 0.2) is 88.7 Å². The monoisotopic (exact) mass is 428 g/mol. The second kappa shape index (κ2) is 6.78. The zero-order valence-corrected chi connectivity index (χ0v) is 16.9. The molecule has 0 radical (unpaired) electrons. The number of aromatic nitrogens is 1. The maximum atomic E-state index is 13.1. The molecule has 0 spiro atoms. The third-order valence-corrected chi connectivity index (χ3v) is 7.19. The highest BCUT2D eigenvalue weighted by atomic mass is 32.2. The van der Waals surface area contributed by atoms with Crippen molar-refractivity contribution >= 4 is 21.3 Å². The van der Waals surface area contributed by atoms with Crippen molar-refractivity contribution in [1.82, 2.24) is 4.98 Å². The number of aromatic hydroxyl groups is 1. The number of aromatic amines is 1. The Balaban J connectivity index is 1.61. The van der Waals surface area contributed by atoms with Gasteiger partial charge in [0.05, 0.1) is 32.3 Å². The maximum absolute atomic E-state index is 13.1. The van der Waals surface area contributed by atoms with Gasteiger partial charge in [-0.25, -0.2) is 8.42 Å². The lowest BCUT2D eigenvalue weighted by Crippen LogP contribution is -2.19. The molecule has 5 rings (SSSR count). The number of nitrogens with one attached hydrogen (secondary N) is 2. The second-order valence-electron chi connectivity index (χ2n) is 7.19. The van der Waals surface area contributed by atoms with E-state index in [4.69, 9.17) is 5.41 Å². The summed E-state index contributed by atoms with van der Waals surface area (Å²) in [6.07, 6.45) is 0. The molecule has 152 valence electrons. The van der Waals surface area contributed by atoms with Crippen LogP contribution >= 0.6 is 0 Å². The van der Waals surface area contributed by atoms with Crippen LogP contribution in [0.4, 0.5) is 0 Å². The first-order valence-corrected chi connectivity index (χ1v) is 11.0. The number of carbonyl (C=O) groups excluding carboxylic acids is 1. The Kier molecular flexibility index (Phi) is 4.16. The smallest absolute Gasteiger partial charge is 0.206 e. The van der Waals surface area contributed by atoms with Crippen LogP contribution in [0.25, 0.3) is 11.3 Å². The second-order valence-corrected chi connectivity index (χ2v) is 9.14. The number of H-pyrrole nitrogens is 1. The van der Waals surface area contributed by atoms with Crippen molar-refractivity contribution in [1.29, 1.82) is 5.41 Å². The fourth-order valence-corrected chi connectivity index (χ4v) is 5.16. The standard InChI is InChI=1S/C24H16N2O4S/c25-21-17-8-4-5-9-18(17)23(27)20-19(21)24(28)26-22(20)14-10-12-16(13-11-14)31(29,30)15-6-2-1-3-7-15/h1-13,25-26,28H. The van der Waals surface area contributed by atoms with E-state index in [1.165, 1.54) is 24.3 Å². The van der Waals surface area contributed by atoms with E-state index >= 15 is 0 Å². The van der Waals surface area contributed by atoms with Gasteiger partial charge in [0, 0.05) is 11.1 Å². The number of rotatable bonds is 3. The Morgan fingerprint density at radius 3 is 2.00 bits per heavy atom. The van der Waals surface area contributed by atoms with Gasteiger partial charge >= 0.3 is 0 Å². The van der Waals surface area contributed by atoms with Crippen molar-refractivity contribution in [2.45, 2.75) is 9.79 Å². The van der Waals surface area contributed by atoms with Gasteiger partial charge in [-0.2, -0.15) is 0 Å². The molecule has 0 atom stereocenters. The highest BCUT2D eigenvalue weighted by Crippen LogP contribution is 2.39. The molecule has 6 nitrogen and oxygen atoms in total. The van der Waals surface area contributed by atoms with Gasteiger partial charge in [0.25, 0.3) is 0 Å². The zero-order valence-electron chi connectivity index (χ0n) is 16.1. The van der Waals surface area contributed by atoms with Crippen LogP contribution in [0, 0.1) is 5.41 Å². The van der Waals surface area contributed by atoms with E-state index in [0.717, 1.165) is 0 Å². The Labute approximate surface area is 178 Å². The van der Waals surface area contributed by atoms with Crippen LogP contribution in [0.1, 0.15) is 27.0 Å². The van der Waals surface area contributed by atoms with Crippen LogP contribution in [-0.2, 0) is 9.84 Å². The average molecular weight is 428 g/mol. The fourth-order valence-electron chi connectivity index (χ4n) is 3.88. The van der Waals surface area contributed by atoms with E-state index in [-0.39, 0.29) is 38.3 Å². The van der Waals surface area contributed by atoms with Crippen LogP contribution in [0.2, 0.25) is 0 Å². The molecule has 31 heavy (non-hydrogen) atoms. The number of benzene rings is 3. The van der Waals surface area contributed by atoms with E-state index in [1.54, 1.807) is 54.6 Å². The van der Waals surface area contributed by atoms with Gasteiger partial charge in [0.2, 0.25) is 9.84 Å². The van der Waals surface area contributed by atoms with Gasteiger partial charge in [-0.15, -0.1) is 0 Å². The van der Waals surface area contributed by atoms with E-state index in [0.29, 0.717) is 22.4 Å². The van der Waals surface area contributed by atoms with Gasteiger partial charge in [-0.05, 0) is 29.8 Å². The van der Waals surface area contributed by atoms with Crippen molar-refractivity contribution in [3.8, 4) is 17.1 Å². The Morgan fingerprint density at radius 1 is 0.742 bits per heavy atom. The molecule has 3 N–H and O–H groups in total. The first kappa shape index (κ1) is 19.0. The van der Waals surface area contributed by atoms with Crippen molar-refractivity contribution in [2.24, 2.45) is 0 Å². The van der Waals surface area contributed by atoms with E-state index in [9.17, 15) is 18.3 Å². The summed E-state index contributed by atoms with van der Waals surface area (Å²) < 4.78 is 25.6. The van der Waals surface area contributed by atoms with Gasteiger partial charge in [-0.3, -0.25) is 10.2 Å². The number of fused-ring (bicyclic) bond motifs is 2. The molecule has 4 aromatic rings. The van der Waals surface area contributed by atoms with Crippen LogP contribution in [0.3, 0.4) is 0 Å². The third-order valence-electron chi connectivity index (χ3n) is 5.41. The molecular formula is C24H16N2O4S. The largest absolute Gasteiger partial charge is 0.494 e. The molecule has 3 aromatic carbocycles. The molecule has 1 heterocycles. The Bertz CT molecular complexity index is 1470. The van der Waals surface area contributed by atoms with Gasteiger partial charge < -0.3 is 10.1 Å². The van der Waals surface area contributed by atoms with E-state index in [2.05, 4.69) is 4.98 Å². The Morgan fingerprint density at radius 2 is 1.32 bits per heavy atom. The molecule has 1 aromatic heterocycles. The normalized spacial score (nSPS) is 13.0. The van der Waals surface area contributed by atoms with Crippen LogP contribution < -0.4 is 0 Å². The third kappa shape index (κ3) is 2.82. The summed E-state index contributed by atoms with van der Waals surface area (Å²) in [7, 11) is -3.67. The Hall–Kier alpha value is -3.97. The molecular weight excluding hydrogens is 412 g/mol. The molecule has 0 bridgehead atoms. The minimum Gasteiger partial charge on any atom is -0.494 e. The summed E-state index contributed by atoms with van der Waals surface area (Å²) in [5.41, 5.74) is 2.16. The summed E-state index contributed by atoms with van der Waals surface area (Å²) in [5, 5.41) is 18.9. The minimum absolute atomic E-state index is 0.0634. The summed E-state index contributed by atoms with van der Waals surface area (Å²) in [6.45, 7) is 0. The molecule has 0 saturated carbocycles. The molecule has 0 unspecified atom stereocenters. The number of sulfone groups is 1. The van der Waals surface area contributed by atoms with E-state index in [1.807, 2.05) is 0 Å². The molecule has 0 amide bonds. The van der Waals surface area contributed by atoms with Gasteiger partial charge in [0.15, 0.2) is 11.7 Å². The molecule has 1 aliphatic carbocycles. The predicted octanol–water partition coefficient (Wildman–Crippen LogP) is 4.18. The zero-order chi connectivity index (χ0) is 21.8. The van der Waals surface area contributed by atoms with Crippen molar-refractivity contribution < 1.29 is 18.3 Å². The van der Waals surface area contributed by atoms with Crippen LogP contribution in [-0.4, -0.2) is 30.0 Å². The van der Waals surface area contributed by atoms with Crippen molar-refractivity contribution in [3.63, 3.8) is 0 Å². The maximum Gasteiger partial charge on any atom is 0.206 e. The fraction of sp³-hybridized carbons (Fsp3) is 0. The van der Waals surface area contributed by atoms with Crippen molar-refractivity contribution in [3.05, 3.63) is 101 Å². The lowest BCUT2D eigenvalue weighted by molar-refractivity contribution is 0.103. The van der Waals surface area contributed by atoms with E-state index < -0.39 is 9.84 Å². The quantitative estimate of drug-likeness (QED) is 0.400. The minimum atomic E-state index is -3.67. The van der Waals surface area contributed by atoms with Crippen molar-refractivity contribution in [2.75, 3.05) is 0 Å². The van der Waals surface area contributed by atoms with Gasteiger partial charge in [-0.1, -0.05) is 54.6 Å². The number of carbonyl (C=O) groups is 1. The lowest BCUT2D eigenvalue weighted by Gasteiger charge is -2.17. The van der Waals surface area contributed by atoms with Gasteiger partial charge in [0.1, 0.15) is 0 Å². The topological polar surface area (TPSA) is 111 Å². The first-order valence-electron chi connectivity index (χ1n) is 9.48. The summed E-state index contributed by atoms with van der Waals surface area (Å²) >= 11 is 0. The predicted molar refractivity (Wildman–Crippen MR) is 116 cm³/mol. The summed E-state index contributed by atoms with van der Waals surface area (Å²) in [5.74, 6) is -0.562. The SMILES string of the molecule is N=C1c2ccccc2C(=O)c2c(-c3ccc(S(=O)(=O)c4ccccc4)cc3)[nH]c(O)c21. The first-order chi connectivity index (χ1) is 14.9. The molecule has 0 fully saturated rings. The average Bonchev–Trinajstić information content (AvgIpc) is 3.16.